The Kier molecular flexibility index (Phi) is 4.60. The molecule has 21 heavy (non-hydrogen) atoms. The summed E-state index contributed by atoms with van der Waals surface area (Å²) in [4.78, 5) is 0. The molecule has 1 heterocycles. The molecule has 0 aliphatic carbocycles. The van der Waals surface area contributed by atoms with Crippen LogP contribution >= 0.6 is 0 Å². The van der Waals surface area contributed by atoms with Crippen molar-refractivity contribution in [3.05, 3.63) is 29.8 Å². The number of rotatable bonds is 4. The molecule has 2 rings (SSSR count). The van der Waals surface area contributed by atoms with Crippen LogP contribution in [0.2, 0.25) is 0 Å². The van der Waals surface area contributed by atoms with Crippen molar-refractivity contribution < 1.29 is 18.6 Å². The van der Waals surface area contributed by atoms with Crippen LogP contribution in [0, 0.1) is 5.92 Å². The maximum absolute atomic E-state index is 11.6. The summed E-state index contributed by atoms with van der Waals surface area (Å²) in [5.74, 6) is 0.299. The highest BCUT2D eigenvalue weighted by molar-refractivity contribution is 7.88. The van der Waals surface area contributed by atoms with Crippen LogP contribution in [0.15, 0.2) is 24.3 Å². The zero-order valence-electron chi connectivity index (χ0n) is 12.5. The third-order valence-electron chi connectivity index (χ3n) is 4.13. The first-order valence-corrected chi connectivity index (χ1v) is 9.00. The molecular weight excluding hydrogens is 290 g/mol. The minimum atomic E-state index is -3.17. The van der Waals surface area contributed by atoms with Gasteiger partial charge in [-0.15, -0.1) is 0 Å². The van der Waals surface area contributed by atoms with Crippen molar-refractivity contribution in [2.24, 2.45) is 5.92 Å². The average Bonchev–Trinajstić information content (AvgIpc) is 2.38. The SMILES string of the molecule is CC(O)(CC1CCCN(S(C)(=O)=O)C1)c1ccc(O)cc1. The summed E-state index contributed by atoms with van der Waals surface area (Å²) in [5, 5.41) is 20.0. The molecule has 2 N–H and O–H groups in total. The molecule has 0 aromatic heterocycles. The highest BCUT2D eigenvalue weighted by Gasteiger charge is 2.32. The van der Waals surface area contributed by atoms with Crippen molar-refractivity contribution >= 4 is 10.0 Å². The van der Waals surface area contributed by atoms with E-state index in [0.29, 0.717) is 19.5 Å². The summed E-state index contributed by atoms with van der Waals surface area (Å²) in [7, 11) is -3.17. The number of piperidine rings is 1. The highest BCUT2D eigenvalue weighted by Crippen LogP contribution is 2.33. The molecule has 1 aromatic rings. The summed E-state index contributed by atoms with van der Waals surface area (Å²) < 4.78 is 24.8. The summed E-state index contributed by atoms with van der Waals surface area (Å²) in [5.41, 5.74) is -0.296. The molecule has 6 heteroatoms. The van der Waals surface area contributed by atoms with Gasteiger partial charge in [-0.25, -0.2) is 12.7 Å². The van der Waals surface area contributed by atoms with E-state index < -0.39 is 15.6 Å². The van der Waals surface area contributed by atoms with Crippen molar-refractivity contribution in [3.8, 4) is 5.75 Å². The summed E-state index contributed by atoms with van der Waals surface area (Å²) in [6.45, 7) is 2.77. The maximum atomic E-state index is 11.6. The fourth-order valence-electron chi connectivity index (χ4n) is 3.00. The number of aliphatic hydroxyl groups is 1. The van der Waals surface area contributed by atoms with Gasteiger partial charge in [-0.05, 0) is 49.8 Å². The van der Waals surface area contributed by atoms with E-state index in [1.54, 1.807) is 31.2 Å². The summed E-state index contributed by atoms with van der Waals surface area (Å²) in [6, 6.07) is 6.50. The molecule has 0 amide bonds. The van der Waals surface area contributed by atoms with Crippen molar-refractivity contribution in [1.29, 1.82) is 0 Å². The number of benzene rings is 1. The third-order valence-corrected chi connectivity index (χ3v) is 5.40. The molecule has 1 aromatic carbocycles. The predicted molar refractivity (Wildman–Crippen MR) is 81.4 cm³/mol. The van der Waals surface area contributed by atoms with Gasteiger partial charge in [0, 0.05) is 13.1 Å². The van der Waals surface area contributed by atoms with Crippen LogP contribution in [0.5, 0.6) is 5.75 Å². The van der Waals surface area contributed by atoms with Gasteiger partial charge in [0.15, 0.2) is 0 Å². The lowest BCUT2D eigenvalue weighted by Crippen LogP contribution is -2.41. The Morgan fingerprint density at radius 2 is 1.95 bits per heavy atom. The van der Waals surface area contributed by atoms with E-state index in [0.717, 1.165) is 18.4 Å². The molecule has 0 radical (unpaired) electrons. The van der Waals surface area contributed by atoms with E-state index >= 15 is 0 Å². The number of aromatic hydroxyl groups is 1. The lowest BCUT2D eigenvalue weighted by Gasteiger charge is -2.35. The summed E-state index contributed by atoms with van der Waals surface area (Å²) >= 11 is 0. The number of hydrogen-bond acceptors (Lipinski definition) is 4. The van der Waals surface area contributed by atoms with Gasteiger partial charge in [0.2, 0.25) is 10.0 Å². The van der Waals surface area contributed by atoms with E-state index in [4.69, 9.17) is 0 Å². The van der Waals surface area contributed by atoms with E-state index in [-0.39, 0.29) is 11.7 Å². The Morgan fingerprint density at radius 3 is 2.52 bits per heavy atom. The van der Waals surface area contributed by atoms with Crippen LogP contribution in [0.3, 0.4) is 0 Å². The number of phenolic OH excluding ortho intramolecular Hbond substituents is 1. The Morgan fingerprint density at radius 1 is 1.33 bits per heavy atom. The van der Waals surface area contributed by atoms with Gasteiger partial charge in [0.05, 0.1) is 11.9 Å². The minimum Gasteiger partial charge on any atom is -0.508 e. The van der Waals surface area contributed by atoms with E-state index in [9.17, 15) is 18.6 Å². The fourth-order valence-corrected chi connectivity index (χ4v) is 3.94. The van der Waals surface area contributed by atoms with Gasteiger partial charge in [0.1, 0.15) is 5.75 Å². The van der Waals surface area contributed by atoms with Crippen LogP contribution in [-0.2, 0) is 15.6 Å². The van der Waals surface area contributed by atoms with Gasteiger partial charge < -0.3 is 10.2 Å². The number of nitrogens with zero attached hydrogens (tertiary/aromatic N) is 1. The second kappa shape index (κ2) is 5.94. The van der Waals surface area contributed by atoms with Crippen LogP contribution < -0.4 is 0 Å². The van der Waals surface area contributed by atoms with Crippen molar-refractivity contribution in [2.75, 3.05) is 19.3 Å². The standard InChI is InChI=1S/C15H23NO4S/c1-15(18,13-5-7-14(17)8-6-13)10-12-4-3-9-16(11-12)21(2,19)20/h5-8,12,17-18H,3-4,9-11H2,1-2H3. The lowest BCUT2D eigenvalue weighted by molar-refractivity contribution is 0.0211. The first-order chi connectivity index (χ1) is 9.68. The van der Waals surface area contributed by atoms with Crippen LogP contribution in [0.1, 0.15) is 31.7 Å². The summed E-state index contributed by atoms with van der Waals surface area (Å²) in [6.07, 6.45) is 3.47. The second-order valence-electron chi connectivity index (χ2n) is 6.15. The van der Waals surface area contributed by atoms with Crippen LogP contribution in [0.4, 0.5) is 0 Å². The number of phenols is 1. The van der Waals surface area contributed by atoms with E-state index in [2.05, 4.69) is 0 Å². The van der Waals surface area contributed by atoms with Gasteiger partial charge in [0.25, 0.3) is 0 Å². The molecule has 2 unspecified atom stereocenters. The van der Waals surface area contributed by atoms with Gasteiger partial charge in [-0.2, -0.15) is 0 Å². The molecule has 1 aliphatic rings. The molecule has 1 aliphatic heterocycles. The van der Waals surface area contributed by atoms with Crippen molar-refractivity contribution in [2.45, 2.75) is 31.8 Å². The lowest BCUT2D eigenvalue weighted by atomic mass is 9.83. The molecule has 1 fully saturated rings. The zero-order chi connectivity index (χ0) is 15.7. The monoisotopic (exact) mass is 313 g/mol. The fraction of sp³-hybridized carbons (Fsp3) is 0.600. The Hall–Kier alpha value is -1.11. The molecule has 5 nitrogen and oxygen atoms in total. The van der Waals surface area contributed by atoms with E-state index in [1.165, 1.54) is 10.6 Å². The first-order valence-electron chi connectivity index (χ1n) is 7.15. The maximum Gasteiger partial charge on any atom is 0.211 e. The van der Waals surface area contributed by atoms with Crippen molar-refractivity contribution in [1.82, 2.24) is 4.31 Å². The molecular formula is C15H23NO4S. The van der Waals surface area contributed by atoms with Gasteiger partial charge >= 0.3 is 0 Å². The zero-order valence-corrected chi connectivity index (χ0v) is 13.3. The van der Waals surface area contributed by atoms with Crippen LogP contribution in [-0.4, -0.2) is 42.3 Å². The quantitative estimate of drug-likeness (QED) is 0.886. The first kappa shape index (κ1) is 16.3. The van der Waals surface area contributed by atoms with Gasteiger partial charge in [-0.1, -0.05) is 12.1 Å². The molecule has 1 saturated heterocycles. The average molecular weight is 313 g/mol. The second-order valence-corrected chi connectivity index (χ2v) is 8.14. The molecule has 0 saturated carbocycles. The van der Waals surface area contributed by atoms with E-state index in [1.807, 2.05) is 0 Å². The molecule has 0 spiro atoms. The Labute approximate surface area is 126 Å². The highest BCUT2D eigenvalue weighted by atomic mass is 32.2. The largest absolute Gasteiger partial charge is 0.508 e. The number of sulfonamides is 1. The smallest absolute Gasteiger partial charge is 0.211 e. The minimum absolute atomic E-state index is 0.136. The normalized spacial score (nSPS) is 23.7. The number of hydrogen-bond donors (Lipinski definition) is 2. The topological polar surface area (TPSA) is 77.8 Å². The molecule has 118 valence electrons. The third kappa shape index (κ3) is 4.18. The van der Waals surface area contributed by atoms with Crippen LogP contribution in [0.25, 0.3) is 0 Å². The van der Waals surface area contributed by atoms with Gasteiger partial charge in [-0.3, -0.25) is 0 Å². The Balaban J connectivity index is 2.07. The predicted octanol–water partition coefficient (Wildman–Crippen LogP) is 1.66. The molecule has 2 atom stereocenters. The van der Waals surface area contributed by atoms with Crippen molar-refractivity contribution in [3.63, 3.8) is 0 Å². The molecule has 0 bridgehead atoms. The Bertz CT molecular complexity index is 580.